The van der Waals surface area contributed by atoms with Crippen molar-refractivity contribution in [1.82, 2.24) is 0 Å². The minimum Gasteiger partial charge on any atom is -0.0651 e. The van der Waals surface area contributed by atoms with Gasteiger partial charge in [0.05, 0.1) is 0 Å². The normalized spacial score (nSPS) is 31.6. The second-order valence-corrected chi connectivity index (χ2v) is 10.00. The van der Waals surface area contributed by atoms with Gasteiger partial charge in [-0.15, -0.1) is 0 Å². The highest BCUT2D eigenvalue weighted by atomic mass is 14.4. The van der Waals surface area contributed by atoms with Crippen LogP contribution in [0.3, 0.4) is 0 Å². The van der Waals surface area contributed by atoms with E-state index in [4.69, 9.17) is 0 Å². The zero-order valence-corrected chi connectivity index (χ0v) is 18.0. The zero-order valence-electron chi connectivity index (χ0n) is 18.0. The van der Waals surface area contributed by atoms with E-state index >= 15 is 0 Å². The van der Waals surface area contributed by atoms with E-state index in [0.29, 0.717) is 11.8 Å². The zero-order chi connectivity index (χ0) is 19.3. The summed E-state index contributed by atoms with van der Waals surface area (Å²) >= 11 is 0. The Morgan fingerprint density at radius 2 is 1.71 bits per heavy atom. The molecule has 1 saturated carbocycles. The lowest BCUT2D eigenvalue weighted by molar-refractivity contribution is 0.299. The van der Waals surface area contributed by atoms with Crippen LogP contribution in [0.1, 0.15) is 123 Å². The highest BCUT2D eigenvalue weighted by Gasteiger charge is 2.34. The Kier molecular flexibility index (Phi) is 4.85. The molecule has 0 heterocycles. The van der Waals surface area contributed by atoms with Crippen LogP contribution < -0.4 is 0 Å². The van der Waals surface area contributed by atoms with Gasteiger partial charge in [0.25, 0.3) is 0 Å². The van der Waals surface area contributed by atoms with Gasteiger partial charge in [-0.05, 0) is 89.2 Å². The van der Waals surface area contributed by atoms with E-state index in [1.54, 1.807) is 33.4 Å². The maximum Gasteiger partial charge on any atom is 0.0101 e. The molecule has 2 aromatic rings. The van der Waals surface area contributed by atoms with Crippen molar-refractivity contribution in [2.45, 2.75) is 95.8 Å². The lowest BCUT2D eigenvalue weighted by Crippen LogP contribution is -2.17. The maximum absolute atomic E-state index is 2.63. The van der Waals surface area contributed by atoms with Crippen LogP contribution in [0.4, 0.5) is 0 Å². The van der Waals surface area contributed by atoms with Crippen molar-refractivity contribution in [3.8, 4) is 0 Å². The molecule has 5 atom stereocenters. The van der Waals surface area contributed by atoms with Crippen molar-refractivity contribution in [3.63, 3.8) is 0 Å². The summed E-state index contributed by atoms with van der Waals surface area (Å²) in [4.78, 5) is 0. The Bertz CT molecular complexity index is 860. The smallest absolute Gasteiger partial charge is 0.0101 e. The summed E-state index contributed by atoms with van der Waals surface area (Å²) in [5.41, 5.74) is 9.89. The van der Waals surface area contributed by atoms with Crippen LogP contribution in [0.15, 0.2) is 36.4 Å². The van der Waals surface area contributed by atoms with Crippen molar-refractivity contribution in [2.24, 2.45) is 5.92 Å². The van der Waals surface area contributed by atoms with Crippen LogP contribution in [0.2, 0.25) is 0 Å². The Balaban J connectivity index is 1.52. The molecule has 2 aromatic carbocycles. The molecule has 5 rings (SSSR count). The summed E-state index contributed by atoms with van der Waals surface area (Å²) in [6.45, 7) is 7.30. The molecule has 5 unspecified atom stereocenters. The van der Waals surface area contributed by atoms with Crippen LogP contribution in [-0.2, 0) is 6.42 Å². The Labute approximate surface area is 171 Å². The van der Waals surface area contributed by atoms with Crippen LogP contribution in [0, 0.1) is 5.92 Å². The van der Waals surface area contributed by atoms with Gasteiger partial charge < -0.3 is 0 Å². The van der Waals surface area contributed by atoms with E-state index in [0.717, 1.165) is 17.8 Å². The van der Waals surface area contributed by atoms with Crippen molar-refractivity contribution in [1.29, 1.82) is 0 Å². The van der Waals surface area contributed by atoms with Crippen molar-refractivity contribution >= 4 is 0 Å². The van der Waals surface area contributed by atoms with E-state index < -0.39 is 0 Å². The number of hydrogen-bond acceptors (Lipinski definition) is 0. The molecule has 0 spiro atoms. The first kappa shape index (κ1) is 18.5. The van der Waals surface area contributed by atoms with Crippen molar-refractivity contribution < 1.29 is 0 Å². The fraction of sp³-hybridized carbons (Fsp3) is 0.571. The molecule has 28 heavy (non-hydrogen) atoms. The van der Waals surface area contributed by atoms with Crippen LogP contribution >= 0.6 is 0 Å². The minimum absolute atomic E-state index is 0.614. The van der Waals surface area contributed by atoms with E-state index in [-0.39, 0.29) is 0 Å². The predicted octanol–water partition coefficient (Wildman–Crippen LogP) is 8.06. The van der Waals surface area contributed by atoms with E-state index in [2.05, 4.69) is 57.2 Å². The topological polar surface area (TPSA) is 0 Å². The summed E-state index contributed by atoms with van der Waals surface area (Å²) in [7, 11) is 0. The highest BCUT2D eigenvalue weighted by molar-refractivity contribution is 5.52. The third kappa shape index (κ3) is 2.95. The molecule has 3 aliphatic rings. The first-order chi connectivity index (χ1) is 13.7. The number of aryl methyl sites for hydroxylation is 1. The Morgan fingerprint density at radius 1 is 0.857 bits per heavy atom. The first-order valence-electron chi connectivity index (χ1n) is 11.9. The Morgan fingerprint density at radius 3 is 2.57 bits per heavy atom. The van der Waals surface area contributed by atoms with Gasteiger partial charge in [0.15, 0.2) is 0 Å². The molecule has 0 bridgehead atoms. The monoisotopic (exact) mass is 372 g/mol. The quantitative estimate of drug-likeness (QED) is 0.511. The van der Waals surface area contributed by atoms with Crippen molar-refractivity contribution in [2.75, 3.05) is 0 Å². The Hall–Kier alpha value is -1.56. The van der Waals surface area contributed by atoms with Gasteiger partial charge in [-0.2, -0.15) is 0 Å². The summed E-state index contributed by atoms with van der Waals surface area (Å²) in [6, 6.07) is 14.8. The molecule has 0 heteroatoms. The van der Waals surface area contributed by atoms with Gasteiger partial charge in [-0.3, -0.25) is 0 Å². The summed E-state index contributed by atoms with van der Waals surface area (Å²) in [6.07, 6.45) is 10.9. The number of rotatable bonds is 3. The van der Waals surface area contributed by atoms with Crippen LogP contribution in [-0.4, -0.2) is 0 Å². The van der Waals surface area contributed by atoms with Crippen LogP contribution in [0.5, 0.6) is 0 Å². The van der Waals surface area contributed by atoms with Gasteiger partial charge in [-0.25, -0.2) is 0 Å². The third-order valence-electron chi connectivity index (χ3n) is 8.41. The average Bonchev–Trinajstić information content (AvgIpc) is 3.28. The van der Waals surface area contributed by atoms with Crippen LogP contribution in [0.25, 0.3) is 0 Å². The molecule has 0 aliphatic heterocycles. The molecule has 0 radical (unpaired) electrons. The number of hydrogen-bond donors (Lipinski definition) is 0. The van der Waals surface area contributed by atoms with Gasteiger partial charge in [0.2, 0.25) is 0 Å². The van der Waals surface area contributed by atoms with Gasteiger partial charge in [0, 0.05) is 5.92 Å². The number of fused-ring (bicyclic) bond motifs is 2. The van der Waals surface area contributed by atoms with E-state index in [1.165, 1.54) is 51.4 Å². The third-order valence-corrected chi connectivity index (χ3v) is 8.41. The molecule has 0 aromatic heterocycles. The highest BCUT2D eigenvalue weighted by Crippen LogP contribution is 2.50. The lowest BCUT2D eigenvalue weighted by atomic mass is 9.73. The minimum atomic E-state index is 0.614. The largest absolute Gasteiger partial charge is 0.0651 e. The summed E-state index contributed by atoms with van der Waals surface area (Å²) in [5, 5.41) is 0. The average molecular weight is 373 g/mol. The molecule has 0 nitrogen and oxygen atoms in total. The second-order valence-electron chi connectivity index (χ2n) is 10.00. The number of benzene rings is 2. The first-order valence-corrected chi connectivity index (χ1v) is 11.9. The summed E-state index contributed by atoms with van der Waals surface area (Å²) < 4.78 is 0. The molecule has 3 aliphatic carbocycles. The molecule has 0 N–H and O–H groups in total. The lowest BCUT2D eigenvalue weighted by Gasteiger charge is -2.31. The van der Waals surface area contributed by atoms with Crippen molar-refractivity contribution in [3.05, 3.63) is 69.8 Å². The van der Waals surface area contributed by atoms with Gasteiger partial charge in [0.1, 0.15) is 0 Å². The molecular formula is C28H36. The summed E-state index contributed by atoms with van der Waals surface area (Å²) in [5.74, 6) is 3.74. The van der Waals surface area contributed by atoms with Gasteiger partial charge >= 0.3 is 0 Å². The maximum atomic E-state index is 2.63. The standard InChI is InChI=1S/C28H36/c1-4-20-8-5-6-10-23(20)22-14-15-24-26(17-22)19(3)16-27(24)25-11-7-9-21-13-12-18(2)28(21)25/h7,9,11,14-15,17-20,23,27H,4-6,8,10,12-13,16H2,1-3H3. The fourth-order valence-electron chi connectivity index (χ4n) is 6.88. The fourth-order valence-corrected chi connectivity index (χ4v) is 6.88. The molecular weight excluding hydrogens is 336 g/mol. The second kappa shape index (κ2) is 7.36. The molecule has 148 valence electrons. The van der Waals surface area contributed by atoms with E-state index in [9.17, 15) is 0 Å². The SMILES string of the molecule is CCC1CCCCC1c1ccc2c(c1)C(C)CC2c1cccc2c1C(C)CC2. The van der Waals surface area contributed by atoms with E-state index in [1.807, 2.05) is 0 Å². The predicted molar refractivity (Wildman–Crippen MR) is 119 cm³/mol. The van der Waals surface area contributed by atoms with Gasteiger partial charge in [-0.1, -0.05) is 76.4 Å². The molecule has 1 fully saturated rings. The molecule has 0 saturated heterocycles. The molecule has 0 amide bonds.